The maximum atomic E-state index is 11.6. The van der Waals surface area contributed by atoms with Gasteiger partial charge in [-0.05, 0) is 17.5 Å². The van der Waals surface area contributed by atoms with Crippen molar-refractivity contribution >= 4 is 12.4 Å². The minimum Gasteiger partial charge on any atom is -0.445 e. The van der Waals surface area contributed by atoms with Crippen LogP contribution in [0.15, 0.2) is 60.7 Å². The fraction of sp³-hybridized carbons (Fsp3) is 0.222. The van der Waals surface area contributed by atoms with E-state index in [1.165, 1.54) is 0 Å². The molecule has 0 aliphatic rings. The zero-order chi connectivity index (χ0) is 15.6. The van der Waals surface area contributed by atoms with Crippen LogP contribution in [0.5, 0.6) is 0 Å². The number of nitrogens with one attached hydrogen (secondary N) is 1. The Morgan fingerprint density at radius 2 is 1.68 bits per heavy atom. The fourth-order valence-corrected chi connectivity index (χ4v) is 2.12. The van der Waals surface area contributed by atoms with Gasteiger partial charge in [0.2, 0.25) is 0 Å². The van der Waals surface area contributed by atoms with Gasteiger partial charge in [-0.2, -0.15) is 0 Å². The van der Waals surface area contributed by atoms with Crippen LogP contribution in [0, 0.1) is 0 Å². The monoisotopic (exact) mass is 297 g/mol. The van der Waals surface area contributed by atoms with Gasteiger partial charge in [0.25, 0.3) is 0 Å². The number of hydrogen-bond acceptors (Lipinski definition) is 3. The van der Waals surface area contributed by atoms with Crippen molar-refractivity contribution in [3.63, 3.8) is 0 Å². The van der Waals surface area contributed by atoms with Gasteiger partial charge in [-0.1, -0.05) is 60.7 Å². The third-order valence-electron chi connectivity index (χ3n) is 3.33. The molecule has 0 radical (unpaired) electrons. The van der Waals surface area contributed by atoms with Crippen LogP contribution in [0.25, 0.3) is 0 Å². The van der Waals surface area contributed by atoms with Crippen molar-refractivity contribution in [1.29, 1.82) is 0 Å². The average molecular weight is 297 g/mol. The number of alkyl carbamates (subject to hydrolysis) is 1. The van der Waals surface area contributed by atoms with Gasteiger partial charge in [-0.15, -0.1) is 0 Å². The van der Waals surface area contributed by atoms with Crippen molar-refractivity contribution in [2.24, 2.45) is 0 Å². The number of carbonyl (C=O) groups excluding carboxylic acids is 2. The molecule has 4 heteroatoms. The zero-order valence-corrected chi connectivity index (χ0v) is 12.3. The van der Waals surface area contributed by atoms with Gasteiger partial charge in [0.15, 0.2) is 0 Å². The number of aldehydes is 1. The minimum atomic E-state index is -0.471. The lowest BCUT2D eigenvalue weighted by Gasteiger charge is -2.11. The molecule has 114 valence electrons. The van der Waals surface area contributed by atoms with E-state index < -0.39 is 6.09 Å². The Labute approximate surface area is 130 Å². The number of carbonyl (C=O) groups is 2. The maximum Gasteiger partial charge on any atom is 0.407 e. The van der Waals surface area contributed by atoms with Crippen molar-refractivity contribution in [2.75, 3.05) is 6.54 Å². The molecule has 22 heavy (non-hydrogen) atoms. The van der Waals surface area contributed by atoms with Crippen LogP contribution in [0.2, 0.25) is 0 Å². The molecule has 0 bridgehead atoms. The number of benzene rings is 2. The topological polar surface area (TPSA) is 55.4 Å². The summed E-state index contributed by atoms with van der Waals surface area (Å²) >= 11 is 0. The summed E-state index contributed by atoms with van der Waals surface area (Å²) in [5, 5.41) is 2.67. The van der Waals surface area contributed by atoms with Crippen molar-refractivity contribution in [2.45, 2.75) is 18.9 Å². The normalized spacial score (nSPS) is 11.5. The number of rotatable bonds is 7. The summed E-state index contributed by atoms with van der Waals surface area (Å²) in [6, 6.07) is 19.0. The first kappa shape index (κ1) is 15.8. The first-order chi connectivity index (χ1) is 10.8. The van der Waals surface area contributed by atoms with Gasteiger partial charge in [0.05, 0.1) is 0 Å². The zero-order valence-electron chi connectivity index (χ0n) is 12.3. The lowest BCUT2D eigenvalue weighted by atomic mass is 9.97. The number of hydrogen-bond donors (Lipinski definition) is 1. The summed E-state index contributed by atoms with van der Waals surface area (Å²) in [5.74, 6) is -0.212. The molecule has 0 saturated carbocycles. The van der Waals surface area contributed by atoms with E-state index in [-0.39, 0.29) is 12.5 Å². The van der Waals surface area contributed by atoms with Gasteiger partial charge in [0.1, 0.15) is 12.9 Å². The summed E-state index contributed by atoms with van der Waals surface area (Å²) in [6.45, 7) is 0.633. The summed E-state index contributed by atoms with van der Waals surface area (Å²) in [5.41, 5.74) is 1.89. The molecule has 2 rings (SSSR count). The second-order valence-corrected chi connectivity index (χ2v) is 4.93. The molecule has 1 amide bonds. The molecule has 4 nitrogen and oxygen atoms in total. The highest BCUT2D eigenvalue weighted by Gasteiger charge is 2.10. The molecule has 2 aromatic rings. The molecule has 0 aliphatic heterocycles. The van der Waals surface area contributed by atoms with Crippen LogP contribution in [0.4, 0.5) is 4.79 Å². The van der Waals surface area contributed by atoms with Gasteiger partial charge >= 0.3 is 6.09 Å². The van der Waals surface area contributed by atoms with E-state index in [0.29, 0.717) is 13.0 Å². The summed E-state index contributed by atoms with van der Waals surface area (Å²) in [6.07, 6.45) is 0.988. The smallest absolute Gasteiger partial charge is 0.407 e. The van der Waals surface area contributed by atoms with Gasteiger partial charge in [-0.25, -0.2) is 4.79 Å². The Balaban J connectivity index is 1.71. The van der Waals surface area contributed by atoms with Crippen LogP contribution in [0.1, 0.15) is 23.5 Å². The van der Waals surface area contributed by atoms with Crippen molar-refractivity contribution in [1.82, 2.24) is 5.32 Å². The SMILES string of the molecule is O=CC(CCNC(=O)OCc1ccccc1)c1ccccc1. The highest BCUT2D eigenvalue weighted by atomic mass is 16.5. The highest BCUT2D eigenvalue weighted by molar-refractivity contribution is 5.67. The lowest BCUT2D eigenvalue weighted by Crippen LogP contribution is -2.26. The molecule has 0 spiro atoms. The summed E-state index contributed by atoms with van der Waals surface area (Å²) in [4.78, 5) is 22.7. The highest BCUT2D eigenvalue weighted by Crippen LogP contribution is 2.16. The third-order valence-corrected chi connectivity index (χ3v) is 3.33. The molecule has 2 aromatic carbocycles. The Morgan fingerprint density at radius 1 is 1.05 bits per heavy atom. The Kier molecular flexibility index (Phi) is 6.18. The third kappa shape index (κ3) is 5.05. The van der Waals surface area contributed by atoms with Crippen LogP contribution >= 0.6 is 0 Å². The lowest BCUT2D eigenvalue weighted by molar-refractivity contribution is -0.109. The van der Waals surface area contributed by atoms with E-state index in [2.05, 4.69) is 5.32 Å². The predicted molar refractivity (Wildman–Crippen MR) is 84.5 cm³/mol. The van der Waals surface area contributed by atoms with Crippen LogP contribution in [-0.4, -0.2) is 18.9 Å². The summed E-state index contributed by atoms with van der Waals surface area (Å²) in [7, 11) is 0. The van der Waals surface area contributed by atoms with E-state index in [9.17, 15) is 9.59 Å². The van der Waals surface area contributed by atoms with E-state index in [0.717, 1.165) is 17.4 Å². The predicted octanol–water partition coefficient (Wildman–Crippen LogP) is 3.29. The maximum absolute atomic E-state index is 11.6. The van der Waals surface area contributed by atoms with Crippen LogP contribution in [0.3, 0.4) is 0 Å². The molecule has 0 fully saturated rings. The van der Waals surface area contributed by atoms with E-state index in [1.807, 2.05) is 60.7 Å². The first-order valence-electron chi connectivity index (χ1n) is 7.24. The average Bonchev–Trinajstić information content (AvgIpc) is 2.58. The second-order valence-electron chi connectivity index (χ2n) is 4.93. The van der Waals surface area contributed by atoms with Crippen LogP contribution in [-0.2, 0) is 16.1 Å². The molecular weight excluding hydrogens is 278 g/mol. The Hall–Kier alpha value is -2.62. The largest absolute Gasteiger partial charge is 0.445 e. The fourth-order valence-electron chi connectivity index (χ4n) is 2.12. The molecular formula is C18H19NO3. The molecule has 0 heterocycles. The molecule has 1 unspecified atom stereocenters. The molecule has 0 aromatic heterocycles. The minimum absolute atomic E-state index is 0.212. The quantitative estimate of drug-likeness (QED) is 0.798. The summed E-state index contributed by atoms with van der Waals surface area (Å²) < 4.78 is 5.11. The van der Waals surface area contributed by atoms with Crippen LogP contribution < -0.4 is 5.32 Å². The van der Waals surface area contributed by atoms with Crippen molar-refractivity contribution < 1.29 is 14.3 Å². The molecule has 1 atom stereocenters. The number of ether oxygens (including phenoxy) is 1. The standard InChI is InChI=1S/C18H19NO3/c20-13-17(16-9-5-2-6-10-16)11-12-19-18(21)22-14-15-7-3-1-4-8-15/h1-10,13,17H,11-12,14H2,(H,19,21). The Bertz CT molecular complexity index is 584. The van der Waals surface area contributed by atoms with Gasteiger partial charge in [0, 0.05) is 12.5 Å². The number of amides is 1. The molecule has 0 saturated heterocycles. The van der Waals surface area contributed by atoms with E-state index in [4.69, 9.17) is 4.74 Å². The van der Waals surface area contributed by atoms with Gasteiger partial charge < -0.3 is 14.8 Å². The molecule has 1 N–H and O–H groups in total. The second kappa shape index (κ2) is 8.62. The van der Waals surface area contributed by atoms with E-state index >= 15 is 0 Å². The van der Waals surface area contributed by atoms with Crippen molar-refractivity contribution in [3.05, 3.63) is 71.8 Å². The molecule has 0 aliphatic carbocycles. The van der Waals surface area contributed by atoms with Crippen molar-refractivity contribution in [3.8, 4) is 0 Å². The van der Waals surface area contributed by atoms with E-state index in [1.54, 1.807) is 0 Å². The Morgan fingerprint density at radius 3 is 2.32 bits per heavy atom. The first-order valence-corrected chi connectivity index (χ1v) is 7.24. The van der Waals surface area contributed by atoms with Gasteiger partial charge in [-0.3, -0.25) is 0 Å².